The molecule has 0 aliphatic rings. The standard InChI is InChI=1S/C57H107N2O7P/c1-7-10-13-16-19-22-25-28-29-30-32-34-37-40-43-46-49-56(60)58-54(53-65-67(62,63)64-52-51-59(4,5)6)55(48-45-42-39-36-33-27-24-21-18-15-12-9-3)66-57(61)50-47-44-41-38-35-31-26-23-20-17-14-11-8-2/h29-31,35,41,44-45,48,54-55H,7-28,32-34,36-40,42-43,46-47,49-53H2,1-6H3,(H-,58,60,62,63)/p+1/b30-29+,35-31-,44-41+,48-45+. The van der Waals surface area contributed by atoms with Crippen molar-refractivity contribution < 1.29 is 37.3 Å². The average Bonchev–Trinajstić information content (AvgIpc) is 3.28. The zero-order chi connectivity index (χ0) is 49.4. The molecule has 392 valence electrons. The monoisotopic (exact) mass is 964 g/mol. The van der Waals surface area contributed by atoms with Crippen LogP contribution in [0.25, 0.3) is 0 Å². The molecular weight excluding hydrogens is 856 g/mol. The lowest BCUT2D eigenvalue weighted by Crippen LogP contribution is -2.47. The number of likely N-dealkylation sites (N-methyl/N-ethyl adjacent to an activating group) is 1. The number of hydrogen-bond acceptors (Lipinski definition) is 6. The zero-order valence-electron chi connectivity index (χ0n) is 44.6. The Balaban J connectivity index is 5.45. The molecule has 2 N–H and O–H groups in total. The van der Waals surface area contributed by atoms with Crippen LogP contribution in [0.1, 0.15) is 252 Å². The summed E-state index contributed by atoms with van der Waals surface area (Å²) in [4.78, 5) is 37.4. The van der Waals surface area contributed by atoms with Crippen molar-refractivity contribution >= 4 is 19.7 Å². The van der Waals surface area contributed by atoms with Crippen LogP contribution in [0.2, 0.25) is 0 Å². The Hall–Kier alpha value is -2.03. The number of unbranched alkanes of at least 4 members (excludes halogenated alkanes) is 28. The summed E-state index contributed by atoms with van der Waals surface area (Å²) in [5, 5.41) is 3.02. The van der Waals surface area contributed by atoms with E-state index in [1.54, 1.807) is 0 Å². The first kappa shape index (κ1) is 65.0. The van der Waals surface area contributed by atoms with Crippen LogP contribution in [0.4, 0.5) is 0 Å². The van der Waals surface area contributed by atoms with Crippen LogP contribution in [-0.4, -0.2) is 74.3 Å². The first-order chi connectivity index (χ1) is 32.4. The van der Waals surface area contributed by atoms with E-state index in [1.807, 2.05) is 39.4 Å². The molecule has 67 heavy (non-hydrogen) atoms. The van der Waals surface area contributed by atoms with Crippen LogP contribution in [0.3, 0.4) is 0 Å². The largest absolute Gasteiger partial charge is 0.472 e. The third-order valence-electron chi connectivity index (χ3n) is 12.3. The molecule has 0 aliphatic heterocycles. The van der Waals surface area contributed by atoms with Gasteiger partial charge in [-0.1, -0.05) is 211 Å². The maximum atomic E-state index is 13.5. The number of nitrogens with one attached hydrogen (secondary N) is 1. The maximum Gasteiger partial charge on any atom is 0.472 e. The minimum Gasteiger partial charge on any atom is -0.456 e. The Bertz CT molecular complexity index is 1290. The van der Waals surface area contributed by atoms with E-state index in [4.69, 9.17) is 13.8 Å². The minimum atomic E-state index is -4.45. The lowest BCUT2D eigenvalue weighted by molar-refractivity contribution is -0.870. The van der Waals surface area contributed by atoms with Crippen molar-refractivity contribution in [3.05, 3.63) is 48.6 Å². The first-order valence-electron chi connectivity index (χ1n) is 28.0. The molecule has 0 rings (SSSR count). The highest BCUT2D eigenvalue weighted by Gasteiger charge is 2.30. The molecule has 0 spiro atoms. The van der Waals surface area contributed by atoms with Gasteiger partial charge < -0.3 is 19.4 Å². The zero-order valence-corrected chi connectivity index (χ0v) is 45.5. The number of esters is 1. The van der Waals surface area contributed by atoms with Gasteiger partial charge in [0.15, 0.2) is 0 Å². The summed E-state index contributed by atoms with van der Waals surface area (Å²) >= 11 is 0. The van der Waals surface area contributed by atoms with E-state index in [1.165, 1.54) is 141 Å². The smallest absolute Gasteiger partial charge is 0.456 e. The molecule has 0 saturated heterocycles. The molecule has 0 aromatic heterocycles. The fourth-order valence-electron chi connectivity index (χ4n) is 7.87. The average molecular weight is 964 g/mol. The molecule has 0 fully saturated rings. The highest BCUT2D eigenvalue weighted by molar-refractivity contribution is 7.47. The van der Waals surface area contributed by atoms with E-state index >= 15 is 0 Å². The molecule has 3 unspecified atom stereocenters. The summed E-state index contributed by atoms with van der Waals surface area (Å²) in [6, 6.07) is -0.872. The number of carbonyl (C=O) groups excluding carboxylic acids is 2. The Morgan fingerprint density at radius 3 is 1.39 bits per heavy atom. The second-order valence-electron chi connectivity index (χ2n) is 20.1. The number of carbonyl (C=O) groups is 2. The van der Waals surface area contributed by atoms with Crippen molar-refractivity contribution in [1.82, 2.24) is 5.32 Å². The molecule has 0 aromatic rings. The molecule has 0 radical (unpaired) electrons. The lowest BCUT2D eigenvalue weighted by atomic mass is 10.0. The summed E-state index contributed by atoms with van der Waals surface area (Å²) in [6.07, 6.45) is 56.9. The van der Waals surface area contributed by atoms with Crippen molar-refractivity contribution in [1.29, 1.82) is 0 Å². The van der Waals surface area contributed by atoms with Crippen molar-refractivity contribution in [2.24, 2.45) is 0 Å². The lowest BCUT2D eigenvalue weighted by Gasteiger charge is -2.27. The van der Waals surface area contributed by atoms with Gasteiger partial charge in [-0.15, -0.1) is 0 Å². The Kier molecular flexibility index (Phi) is 46.2. The van der Waals surface area contributed by atoms with Gasteiger partial charge in [-0.3, -0.25) is 18.6 Å². The number of nitrogens with zero attached hydrogens (tertiary/aromatic N) is 1. The number of phosphoric ester groups is 1. The van der Waals surface area contributed by atoms with Gasteiger partial charge in [0, 0.05) is 12.8 Å². The second kappa shape index (κ2) is 47.6. The number of hydrogen-bond donors (Lipinski definition) is 2. The third-order valence-corrected chi connectivity index (χ3v) is 13.2. The molecule has 10 heteroatoms. The van der Waals surface area contributed by atoms with E-state index in [0.29, 0.717) is 23.9 Å². The van der Waals surface area contributed by atoms with Gasteiger partial charge in [-0.2, -0.15) is 0 Å². The summed E-state index contributed by atoms with van der Waals surface area (Å²) in [5.74, 6) is -0.590. The Labute approximate surface area is 414 Å². The summed E-state index contributed by atoms with van der Waals surface area (Å²) < 4.78 is 30.5. The SMILES string of the molecule is CCCCCCCC/C=C\C/C=C/CCC(=O)OC(/C=C/CCCCCCCCCCCC)C(COP(=O)(O)OCC[N+](C)(C)C)NC(=O)CCCCCCC/C=C/CCCCCCCCC. The van der Waals surface area contributed by atoms with Crippen LogP contribution in [0, 0.1) is 0 Å². The van der Waals surface area contributed by atoms with Crippen molar-refractivity contribution in [3.63, 3.8) is 0 Å². The number of quaternary nitrogens is 1. The molecular formula is C57H108N2O7P+. The van der Waals surface area contributed by atoms with Gasteiger partial charge >= 0.3 is 13.8 Å². The third kappa shape index (κ3) is 48.8. The van der Waals surface area contributed by atoms with Crippen LogP contribution in [-0.2, 0) is 27.9 Å². The van der Waals surface area contributed by atoms with Gasteiger partial charge in [-0.25, -0.2) is 4.57 Å². The molecule has 9 nitrogen and oxygen atoms in total. The van der Waals surface area contributed by atoms with Gasteiger partial charge in [0.2, 0.25) is 5.91 Å². The van der Waals surface area contributed by atoms with E-state index < -0.39 is 25.9 Å². The Morgan fingerprint density at radius 2 is 0.925 bits per heavy atom. The van der Waals surface area contributed by atoms with E-state index in [9.17, 15) is 19.0 Å². The Morgan fingerprint density at radius 1 is 0.522 bits per heavy atom. The quantitative estimate of drug-likeness (QED) is 0.0205. The number of rotatable bonds is 50. The van der Waals surface area contributed by atoms with Gasteiger partial charge in [0.05, 0.1) is 33.8 Å². The molecule has 3 atom stereocenters. The topological polar surface area (TPSA) is 111 Å². The minimum absolute atomic E-state index is 0.0312. The van der Waals surface area contributed by atoms with Crippen molar-refractivity contribution in [3.8, 4) is 0 Å². The maximum absolute atomic E-state index is 13.5. The molecule has 0 saturated carbocycles. The summed E-state index contributed by atoms with van der Waals surface area (Å²) in [6.45, 7) is 6.95. The van der Waals surface area contributed by atoms with Crippen molar-refractivity contribution in [2.75, 3.05) is 40.9 Å². The molecule has 0 aliphatic carbocycles. The second-order valence-corrected chi connectivity index (χ2v) is 21.6. The molecule has 0 bridgehead atoms. The normalized spacial score (nSPS) is 14.2. The van der Waals surface area contributed by atoms with Gasteiger partial charge in [0.25, 0.3) is 0 Å². The van der Waals surface area contributed by atoms with Crippen LogP contribution < -0.4 is 5.32 Å². The molecule has 0 aromatic carbocycles. The fraction of sp³-hybridized carbons (Fsp3) is 0.825. The van der Waals surface area contributed by atoms with Gasteiger partial charge in [-0.05, 0) is 76.7 Å². The first-order valence-corrected chi connectivity index (χ1v) is 29.5. The van der Waals surface area contributed by atoms with E-state index in [0.717, 1.165) is 70.6 Å². The fourth-order valence-corrected chi connectivity index (χ4v) is 8.61. The molecule has 1 amide bonds. The summed E-state index contributed by atoms with van der Waals surface area (Å²) in [5.41, 5.74) is 0. The van der Waals surface area contributed by atoms with E-state index in [2.05, 4.69) is 56.5 Å². The number of amides is 1. The van der Waals surface area contributed by atoms with Gasteiger partial charge in [0.1, 0.15) is 19.3 Å². The highest BCUT2D eigenvalue weighted by atomic mass is 31.2. The molecule has 0 heterocycles. The van der Waals surface area contributed by atoms with Crippen LogP contribution in [0.5, 0.6) is 0 Å². The van der Waals surface area contributed by atoms with E-state index in [-0.39, 0.29) is 25.5 Å². The summed E-state index contributed by atoms with van der Waals surface area (Å²) in [7, 11) is 1.47. The van der Waals surface area contributed by atoms with Crippen molar-refractivity contribution in [2.45, 2.75) is 264 Å². The predicted molar refractivity (Wildman–Crippen MR) is 286 cm³/mol. The number of phosphoric acid groups is 1. The van der Waals surface area contributed by atoms with Crippen LogP contribution >= 0.6 is 7.82 Å². The van der Waals surface area contributed by atoms with Crippen LogP contribution in [0.15, 0.2) is 48.6 Å². The number of allylic oxidation sites excluding steroid dienone is 7. The number of ether oxygens (including phenoxy) is 1. The highest BCUT2D eigenvalue weighted by Crippen LogP contribution is 2.43. The predicted octanol–water partition coefficient (Wildman–Crippen LogP) is 16.6.